The van der Waals surface area contributed by atoms with Gasteiger partial charge in [0.15, 0.2) is 18.2 Å². The highest BCUT2D eigenvalue weighted by Crippen LogP contribution is 2.24. The first kappa shape index (κ1) is 21.8. The Morgan fingerprint density at radius 3 is 2.48 bits per heavy atom. The molecule has 0 atom stereocenters. The maximum atomic E-state index is 12.8. The summed E-state index contributed by atoms with van der Waals surface area (Å²) >= 11 is 0. The van der Waals surface area contributed by atoms with Crippen LogP contribution >= 0.6 is 0 Å². The van der Waals surface area contributed by atoms with Crippen molar-refractivity contribution in [1.82, 2.24) is 19.6 Å². The first-order valence-electron chi connectivity index (χ1n) is 10.5. The molecule has 0 aliphatic heterocycles. The number of hydrogen-bond donors (Lipinski definition) is 1. The molecule has 8 nitrogen and oxygen atoms in total. The number of hydrogen-bond acceptors (Lipinski definition) is 5. The molecule has 4 aromatic rings. The minimum Gasteiger partial charge on any atom is -0.471 e. The molecule has 0 saturated heterocycles. The number of para-hydroxylation sites is 1. The Bertz CT molecular complexity index is 1290. The fourth-order valence-corrected chi connectivity index (χ4v) is 3.23. The van der Waals surface area contributed by atoms with E-state index in [9.17, 15) is 10.1 Å². The van der Waals surface area contributed by atoms with E-state index in [0.717, 1.165) is 11.4 Å². The molecule has 0 saturated carbocycles. The smallest absolute Gasteiger partial charge is 0.277 e. The van der Waals surface area contributed by atoms with Crippen LogP contribution < -0.4 is 10.1 Å². The highest BCUT2D eigenvalue weighted by atomic mass is 16.5. The van der Waals surface area contributed by atoms with E-state index in [0.29, 0.717) is 5.82 Å². The molecule has 0 fully saturated rings. The van der Waals surface area contributed by atoms with Gasteiger partial charge >= 0.3 is 0 Å². The largest absolute Gasteiger partial charge is 0.471 e. The number of nitriles is 1. The molecule has 0 radical (unpaired) electrons. The van der Waals surface area contributed by atoms with Crippen LogP contribution in [0, 0.1) is 11.3 Å². The van der Waals surface area contributed by atoms with Crippen molar-refractivity contribution in [3.8, 4) is 17.5 Å². The van der Waals surface area contributed by atoms with E-state index in [1.165, 1.54) is 21.1 Å². The average Bonchev–Trinajstić information content (AvgIpc) is 3.45. The lowest BCUT2D eigenvalue weighted by molar-refractivity contribution is 0.101. The number of benzene rings is 2. The van der Waals surface area contributed by atoms with Gasteiger partial charge in [0.25, 0.3) is 5.91 Å². The van der Waals surface area contributed by atoms with E-state index in [4.69, 9.17) is 4.74 Å². The Morgan fingerprint density at radius 1 is 1.09 bits per heavy atom. The molecule has 0 unspecified atom stereocenters. The second kappa shape index (κ2) is 9.01. The van der Waals surface area contributed by atoms with Crippen molar-refractivity contribution in [1.29, 1.82) is 5.26 Å². The topological polar surface area (TPSA) is 97.8 Å². The molecule has 166 valence electrons. The summed E-state index contributed by atoms with van der Waals surface area (Å²) in [6.07, 6.45) is 3.08. The Balaban J connectivity index is 1.44. The molecule has 1 amide bonds. The van der Waals surface area contributed by atoms with E-state index >= 15 is 0 Å². The number of aromatic nitrogens is 4. The Morgan fingerprint density at radius 2 is 1.82 bits per heavy atom. The number of nitrogens with zero attached hydrogens (tertiary/aromatic N) is 5. The summed E-state index contributed by atoms with van der Waals surface area (Å²) in [4.78, 5) is 12.8. The van der Waals surface area contributed by atoms with Gasteiger partial charge in [0, 0.05) is 6.20 Å². The molecule has 8 heteroatoms. The molecule has 2 aromatic heterocycles. The van der Waals surface area contributed by atoms with Gasteiger partial charge in [-0.15, -0.1) is 0 Å². The van der Waals surface area contributed by atoms with Crippen molar-refractivity contribution in [3.05, 3.63) is 89.9 Å². The highest BCUT2D eigenvalue weighted by molar-refractivity contribution is 6.03. The van der Waals surface area contributed by atoms with Crippen molar-refractivity contribution < 1.29 is 9.53 Å². The second-order valence-electron chi connectivity index (χ2n) is 8.51. The number of nitrogens with one attached hydrogen (secondary N) is 1. The number of amides is 1. The highest BCUT2D eigenvalue weighted by Gasteiger charge is 2.18. The maximum absolute atomic E-state index is 12.8. The van der Waals surface area contributed by atoms with Crippen molar-refractivity contribution in [2.75, 3.05) is 5.32 Å². The Kier molecular flexibility index (Phi) is 5.96. The fourth-order valence-electron chi connectivity index (χ4n) is 3.23. The van der Waals surface area contributed by atoms with Crippen molar-refractivity contribution in [3.63, 3.8) is 0 Å². The van der Waals surface area contributed by atoms with Gasteiger partial charge in [0.2, 0.25) is 0 Å². The minimum atomic E-state index is -0.447. The van der Waals surface area contributed by atoms with Gasteiger partial charge in [-0.3, -0.25) is 4.79 Å². The number of carbonyl (C=O) groups is 1. The summed E-state index contributed by atoms with van der Waals surface area (Å²) in [6, 6.07) is 20.8. The third-order valence-electron chi connectivity index (χ3n) is 5.08. The molecule has 0 aliphatic rings. The molecule has 2 aromatic carbocycles. The van der Waals surface area contributed by atoms with Crippen molar-refractivity contribution in [2.24, 2.45) is 0 Å². The van der Waals surface area contributed by atoms with Crippen molar-refractivity contribution in [2.45, 2.75) is 32.9 Å². The lowest BCUT2D eigenvalue weighted by Crippen LogP contribution is -2.17. The lowest BCUT2D eigenvalue weighted by Gasteiger charge is -2.19. The van der Waals surface area contributed by atoms with Crippen LogP contribution in [0.15, 0.2) is 73.1 Å². The molecule has 1 N–H and O–H groups in total. The normalized spacial score (nSPS) is 11.1. The van der Waals surface area contributed by atoms with Crippen LogP contribution in [0.25, 0.3) is 5.69 Å². The molecule has 4 rings (SSSR count). The summed E-state index contributed by atoms with van der Waals surface area (Å²) in [5.74, 6) is 0.561. The predicted molar refractivity (Wildman–Crippen MR) is 124 cm³/mol. The lowest BCUT2D eigenvalue weighted by atomic mass is 9.87. The summed E-state index contributed by atoms with van der Waals surface area (Å²) in [7, 11) is 0. The number of carbonyl (C=O) groups excluding carboxylic acids is 1. The van der Waals surface area contributed by atoms with Gasteiger partial charge in [-0.1, -0.05) is 51.1 Å². The molecule has 0 bridgehead atoms. The van der Waals surface area contributed by atoms with Gasteiger partial charge in [-0.2, -0.15) is 15.5 Å². The van der Waals surface area contributed by atoms with Crippen LogP contribution in [0.2, 0.25) is 0 Å². The third-order valence-corrected chi connectivity index (χ3v) is 5.08. The summed E-state index contributed by atoms with van der Waals surface area (Å²) in [6.45, 7) is 6.64. The zero-order valence-corrected chi connectivity index (χ0v) is 18.7. The van der Waals surface area contributed by atoms with Crippen LogP contribution in [0.1, 0.15) is 42.4 Å². The van der Waals surface area contributed by atoms with Crippen LogP contribution in [0.4, 0.5) is 5.82 Å². The summed E-state index contributed by atoms with van der Waals surface area (Å²) in [5, 5.41) is 20.7. The maximum Gasteiger partial charge on any atom is 0.277 e. The molecule has 0 aliphatic carbocycles. The minimum absolute atomic E-state index is 0.0735. The quantitative estimate of drug-likeness (QED) is 0.475. The summed E-state index contributed by atoms with van der Waals surface area (Å²) in [5.41, 5.74) is 2.48. The van der Waals surface area contributed by atoms with Gasteiger partial charge in [0.1, 0.15) is 17.4 Å². The second-order valence-corrected chi connectivity index (χ2v) is 8.51. The SMILES string of the molecule is CC(C)(C)c1ccc(OCn2ccc(C(=O)Nc3c(C#N)cnn3-c3ccccc3)n2)cc1. The zero-order valence-electron chi connectivity index (χ0n) is 18.7. The van der Waals surface area contributed by atoms with E-state index in [-0.39, 0.29) is 23.4 Å². The van der Waals surface area contributed by atoms with E-state index in [2.05, 4.69) is 42.4 Å². The molecular weight excluding hydrogens is 416 g/mol. The number of rotatable bonds is 6. The Hall–Kier alpha value is -4.38. The molecule has 2 heterocycles. The third kappa shape index (κ3) is 4.93. The van der Waals surface area contributed by atoms with Gasteiger partial charge < -0.3 is 10.1 Å². The van der Waals surface area contributed by atoms with E-state index in [1.54, 1.807) is 12.3 Å². The molecule has 0 spiro atoms. The fraction of sp³-hybridized carbons (Fsp3) is 0.200. The van der Waals surface area contributed by atoms with Crippen LogP contribution in [-0.2, 0) is 12.1 Å². The van der Waals surface area contributed by atoms with Crippen LogP contribution in [-0.4, -0.2) is 25.5 Å². The molecular formula is C25H24N6O2. The van der Waals surface area contributed by atoms with Crippen LogP contribution in [0.3, 0.4) is 0 Å². The number of ether oxygens (including phenoxy) is 1. The van der Waals surface area contributed by atoms with Crippen molar-refractivity contribution >= 4 is 11.7 Å². The van der Waals surface area contributed by atoms with E-state index in [1.807, 2.05) is 54.6 Å². The predicted octanol–water partition coefficient (Wildman–Crippen LogP) is 4.53. The average molecular weight is 441 g/mol. The van der Waals surface area contributed by atoms with E-state index < -0.39 is 5.91 Å². The first-order valence-corrected chi connectivity index (χ1v) is 10.5. The zero-order chi connectivity index (χ0) is 23.4. The standard InChI is InChI=1S/C25H24N6O2/c1-25(2,3)19-9-11-21(12-10-19)33-17-30-14-13-22(29-30)24(32)28-23-18(15-26)16-27-31(23)20-7-5-4-6-8-20/h4-14,16H,17H2,1-3H3,(H,28,32). The van der Waals surface area contributed by atoms with Gasteiger partial charge in [-0.25, -0.2) is 9.36 Å². The van der Waals surface area contributed by atoms with Gasteiger partial charge in [0.05, 0.1) is 11.9 Å². The van der Waals surface area contributed by atoms with Gasteiger partial charge in [-0.05, 0) is 41.3 Å². The monoisotopic (exact) mass is 440 g/mol. The van der Waals surface area contributed by atoms with Crippen LogP contribution in [0.5, 0.6) is 5.75 Å². The summed E-state index contributed by atoms with van der Waals surface area (Å²) < 4.78 is 8.83. The Labute approximate surface area is 192 Å². The molecule has 33 heavy (non-hydrogen) atoms. The first-order chi connectivity index (χ1) is 15.8. The number of anilines is 1.